The van der Waals surface area contributed by atoms with Gasteiger partial charge < -0.3 is 10.3 Å². The van der Waals surface area contributed by atoms with Crippen molar-refractivity contribution >= 4 is 0 Å². The van der Waals surface area contributed by atoms with Crippen LogP contribution in [0.5, 0.6) is 0 Å². The van der Waals surface area contributed by atoms with Crippen LogP contribution in [0, 0.1) is 0 Å². The van der Waals surface area contributed by atoms with Crippen LogP contribution < -0.4 is 10.9 Å². The molecule has 0 bridgehead atoms. The SMILES string of the molecule is CNCc1ncc(C2CCC2)c(=O)[nH]1. The molecule has 0 spiro atoms. The zero-order valence-corrected chi connectivity index (χ0v) is 8.34. The van der Waals surface area contributed by atoms with Gasteiger partial charge in [-0.2, -0.15) is 0 Å². The van der Waals surface area contributed by atoms with Crippen LogP contribution in [0.4, 0.5) is 0 Å². The van der Waals surface area contributed by atoms with Crippen molar-refractivity contribution in [3.63, 3.8) is 0 Å². The van der Waals surface area contributed by atoms with Crippen LogP contribution in [-0.2, 0) is 6.54 Å². The highest BCUT2D eigenvalue weighted by atomic mass is 16.1. The third-order valence-corrected chi connectivity index (χ3v) is 2.77. The van der Waals surface area contributed by atoms with Crippen molar-refractivity contribution in [2.24, 2.45) is 0 Å². The Morgan fingerprint density at radius 3 is 2.93 bits per heavy atom. The first kappa shape index (κ1) is 9.40. The molecule has 1 aliphatic carbocycles. The summed E-state index contributed by atoms with van der Waals surface area (Å²) >= 11 is 0. The minimum absolute atomic E-state index is 0.0370. The van der Waals surface area contributed by atoms with Gasteiger partial charge in [0.25, 0.3) is 5.56 Å². The average molecular weight is 193 g/mol. The lowest BCUT2D eigenvalue weighted by atomic mass is 9.81. The second-order valence-electron chi connectivity index (χ2n) is 3.77. The lowest BCUT2D eigenvalue weighted by molar-refractivity contribution is 0.415. The smallest absolute Gasteiger partial charge is 0.254 e. The molecule has 1 aromatic rings. The minimum Gasteiger partial charge on any atom is -0.313 e. The van der Waals surface area contributed by atoms with Gasteiger partial charge in [-0.15, -0.1) is 0 Å². The standard InChI is InChI=1S/C10H15N3O/c1-11-6-9-12-5-8(10(14)13-9)7-3-2-4-7/h5,7,11H,2-4,6H2,1H3,(H,12,13,14). The fraction of sp³-hybridized carbons (Fsp3) is 0.600. The van der Waals surface area contributed by atoms with Crippen molar-refractivity contribution in [2.75, 3.05) is 7.05 Å². The molecular formula is C10H15N3O. The van der Waals surface area contributed by atoms with Gasteiger partial charge in [-0.3, -0.25) is 4.79 Å². The van der Waals surface area contributed by atoms with E-state index in [1.54, 1.807) is 6.20 Å². The number of nitrogens with one attached hydrogen (secondary N) is 2. The predicted octanol–water partition coefficient (Wildman–Crippen LogP) is 0.757. The van der Waals surface area contributed by atoms with Crippen LogP contribution in [-0.4, -0.2) is 17.0 Å². The van der Waals surface area contributed by atoms with Gasteiger partial charge in [0.2, 0.25) is 0 Å². The Morgan fingerprint density at radius 1 is 1.64 bits per heavy atom. The van der Waals surface area contributed by atoms with Crippen molar-refractivity contribution in [1.29, 1.82) is 0 Å². The Kier molecular flexibility index (Phi) is 2.63. The summed E-state index contributed by atoms with van der Waals surface area (Å²) in [6, 6.07) is 0. The molecule has 0 radical (unpaired) electrons. The Labute approximate surface area is 82.8 Å². The molecule has 76 valence electrons. The number of aromatic amines is 1. The topological polar surface area (TPSA) is 57.8 Å². The van der Waals surface area contributed by atoms with E-state index in [4.69, 9.17) is 0 Å². The molecule has 0 saturated heterocycles. The molecule has 1 saturated carbocycles. The summed E-state index contributed by atoms with van der Waals surface area (Å²) in [5, 5.41) is 2.96. The van der Waals surface area contributed by atoms with Crippen LogP contribution in [0.2, 0.25) is 0 Å². The van der Waals surface area contributed by atoms with E-state index in [-0.39, 0.29) is 5.56 Å². The van der Waals surface area contributed by atoms with E-state index in [2.05, 4.69) is 15.3 Å². The Hall–Kier alpha value is -1.16. The molecule has 0 atom stereocenters. The summed E-state index contributed by atoms with van der Waals surface area (Å²) in [4.78, 5) is 18.6. The van der Waals surface area contributed by atoms with E-state index in [1.807, 2.05) is 7.05 Å². The lowest BCUT2D eigenvalue weighted by Crippen LogP contribution is -2.24. The summed E-state index contributed by atoms with van der Waals surface area (Å²) in [5.74, 6) is 1.16. The third kappa shape index (κ3) is 1.70. The molecule has 0 aliphatic heterocycles. The van der Waals surface area contributed by atoms with Gasteiger partial charge in [0, 0.05) is 11.8 Å². The normalized spacial score (nSPS) is 16.6. The zero-order valence-electron chi connectivity index (χ0n) is 8.34. The highest BCUT2D eigenvalue weighted by Crippen LogP contribution is 2.33. The maximum absolute atomic E-state index is 11.6. The molecule has 1 aromatic heterocycles. The first-order valence-electron chi connectivity index (χ1n) is 5.04. The van der Waals surface area contributed by atoms with Gasteiger partial charge in [-0.25, -0.2) is 4.98 Å². The number of nitrogens with zero attached hydrogens (tertiary/aromatic N) is 1. The average Bonchev–Trinajstić information content (AvgIpc) is 2.07. The van der Waals surface area contributed by atoms with Gasteiger partial charge in [-0.05, 0) is 25.8 Å². The molecule has 2 rings (SSSR count). The molecule has 1 aliphatic rings. The van der Waals surface area contributed by atoms with E-state index >= 15 is 0 Å². The van der Waals surface area contributed by atoms with Crippen LogP contribution in [0.1, 0.15) is 36.6 Å². The Balaban J connectivity index is 2.22. The number of hydrogen-bond acceptors (Lipinski definition) is 3. The zero-order chi connectivity index (χ0) is 9.97. The van der Waals surface area contributed by atoms with Crippen LogP contribution >= 0.6 is 0 Å². The summed E-state index contributed by atoms with van der Waals surface area (Å²) < 4.78 is 0. The van der Waals surface area contributed by atoms with Crippen molar-refractivity contribution in [1.82, 2.24) is 15.3 Å². The predicted molar refractivity (Wildman–Crippen MR) is 54.2 cm³/mol. The first-order valence-corrected chi connectivity index (χ1v) is 5.04. The number of H-pyrrole nitrogens is 1. The number of hydrogen-bond donors (Lipinski definition) is 2. The summed E-state index contributed by atoms with van der Waals surface area (Å²) in [6.07, 6.45) is 5.24. The monoisotopic (exact) mass is 193 g/mol. The summed E-state index contributed by atoms with van der Waals surface area (Å²) in [5.41, 5.74) is 0.894. The van der Waals surface area contributed by atoms with Gasteiger partial charge >= 0.3 is 0 Å². The maximum atomic E-state index is 11.6. The van der Waals surface area contributed by atoms with Crippen molar-refractivity contribution < 1.29 is 0 Å². The second kappa shape index (κ2) is 3.92. The second-order valence-corrected chi connectivity index (χ2v) is 3.77. The van der Waals surface area contributed by atoms with Crippen LogP contribution in [0.15, 0.2) is 11.0 Å². The molecule has 1 heterocycles. The molecule has 4 nitrogen and oxygen atoms in total. The van der Waals surface area contributed by atoms with E-state index in [0.717, 1.165) is 18.4 Å². The van der Waals surface area contributed by atoms with Crippen molar-refractivity contribution in [3.8, 4) is 0 Å². The Bertz CT molecular complexity index is 368. The number of rotatable bonds is 3. The minimum atomic E-state index is 0.0370. The molecule has 4 heteroatoms. The highest BCUT2D eigenvalue weighted by molar-refractivity contribution is 5.14. The molecular weight excluding hydrogens is 178 g/mol. The fourth-order valence-corrected chi connectivity index (χ4v) is 1.71. The van der Waals surface area contributed by atoms with Gasteiger partial charge in [0.15, 0.2) is 0 Å². The molecule has 1 fully saturated rings. The Morgan fingerprint density at radius 2 is 2.43 bits per heavy atom. The van der Waals surface area contributed by atoms with Crippen LogP contribution in [0.25, 0.3) is 0 Å². The molecule has 14 heavy (non-hydrogen) atoms. The molecule has 0 unspecified atom stereocenters. The lowest BCUT2D eigenvalue weighted by Gasteiger charge is -2.24. The van der Waals surface area contributed by atoms with E-state index in [1.165, 1.54) is 6.42 Å². The maximum Gasteiger partial charge on any atom is 0.254 e. The first-order chi connectivity index (χ1) is 6.81. The van der Waals surface area contributed by atoms with Gasteiger partial charge in [-0.1, -0.05) is 6.42 Å². The third-order valence-electron chi connectivity index (χ3n) is 2.77. The van der Waals surface area contributed by atoms with Crippen molar-refractivity contribution in [3.05, 3.63) is 27.9 Å². The van der Waals surface area contributed by atoms with E-state index in [9.17, 15) is 4.79 Å². The molecule has 0 aromatic carbocycles. The molecule has 2 N–H and O–H groups in total. The summed E-state index contributed by atoms with van der Waals surface area (Å²) in [6.45, 7) is 0.611. The van der Waals surface area contributed by atoms with Crippen molar-refractivity contribution in [2.45, 2.75) is 31.7 Å². The van der Waals surface area contributed by atoms with Gasteiger partial charge in [0.05, 0.1) is 6.54 Å². The van der Waals surface area contributed by atoms with E-state index in [0.29, 0.717) is 18.3 Å². The summed E-state index contributed by atoms with van der Waals surface area (Å²) in [7, 11) is 1.83. The largest absolute Gasteiger partial charge is 0.313 e. The highest BCUT2D eigenvalue weighted by Gasteiger charge is 2.22. The van der Waals surface area contributed by atoms with E-state index < -0.39 is 0 Å². The van der Waals surface area contributed by atoms with Crippen LogP contribution in [0.3, 0.4) is 0 Å². The quantitative estimate of drug-likeness (QED) is 0.745. The van der Waals surface area contributed by atoms with Gasteiger partial charge in [0.1, 0.15) is 5.82 Å². The molecule has 0 amide bonds. The number of aromatic nitrogens is 2. The fourth-order valence-electron chi connectivity index (χ4n) is 1.71.